The van der Waals surface area contributed by atoms with Gasteiger partial charge in [-0.15, -0.1) is 0 Å². The van der Waals surface area contributed by atoms with Crippen molar-refractivity contribution in [1.29, 1.82) is 0 Å². The minimum Gasteiger partial charge on any atom is -0.382 e. The number of benzene rings is 2. The van der Waals surface area contributed by atoms with Gasteiger partial charge in [-0.2, -0.15) is 26.3 Å². The molecule has 2 aliphatic rings. The van der Waals surface area contributed by atoms with Crippen LogP contribution in [0.4, 0.5) is 32.0 Å². The van der Waals surface area contributed by atoms with Crippen molar-refractivity contribution >= 4 is 29.4 Å². The predicted octanol–water partition coefficient (Wildman–Crippen LogP) is 6.64. The average molecular weight is 588 g/mol. The van der Waals surface area contributed by atoms with Gasteiger partial charge in [0.1, 0.15) is 0 Å². The Morgan fingerprint density at radius 3 is 2.30 bits per heavy atom. The van der Waals surface area contributed by atoms with Crippen molar-refractivity contribution in [2.75, 3.05) is 51.3 Å². The van der Waals surface area contributed by atoms with Gasteiger partial charge in [0.25, 0.3) is 0 Å². The summed E-state index contributed by atoms with van der Waals surface area (Å²) < 4.78 is 90.2. The lowest BCUT2D eigenvalue weighted by Gasteiger charge is -2.32. The number of hydrogen-bond acceptors (Lipinski definition) is 5. The van der Waals surface area contributed by atoms with Crippen LogP contribution in [0.25, 0.3) is 6.08 Å². The van der Waals surface area contributed by atoms with E-state index in [0.29, 0.717) is 22.3 Å². The summed E-state index contributed by atoms with van der Waals surface area (Å²) >= 11 is 0.626. The molecule has 1 amide bonds. The Labute approximate surface area is 233 Å². The predicted molar refractivity (Wildman–Crippen MR) is 142 cm³/mol. The molecule has 40 heavy (non-hydrogen) atoms. The highest BCUT2D eigenvalue weighted by molar-refractivity contribution is 7.99. The topological polar surface area (TPSA) is 44.8 Å². The normalized spacial score (nSPS) is 17.9. The summed E-state index contributed by atoms with van der Waals surface area (Å²) in [6.07, 6.45) is -7.07. The van der Waals surface area contributed by atoms with E-state index in [1.165, 1.54) is 4.90 Å². The molecule has 0 saturated carbocycles. The fourth-order valence-corrected chi connectivity index (χ4v) is 5.91. The van der Waals surface area contributed by atoms with E-state index >= 15 is 0 Å². The zero-order valence-electron chi connectivity index (χ0n) is 21.9. The van der Waals surface area contributed by atoms with Gasteiger partial charge in [0, 0.05) is 53.8 Å². The number of nitrogens with zero attached hydrogens (tertiary/aromatic N) is 2. The molecule has 0 aromatic heterocycles. The highest BCUT2D eigenvalue weighted by Gasteiger charge is 2.46. The smallest absolute Gasteiger partial charge is 0.382 e. The number of morpholine rings is 1. The van der Waals surface area contributed by atoms with E-state index in [1.807, 2.05) is 0 Å². The summed E-state index contributed by atoms with van der Waals surface area (Å²) in [6, 6.07) is 8.89. The number of piperidine rings is 1. The summed E-state index contributed by atoms with van der Waals surface area (Å²) in [7, 11) is 0. The van der Waals surface area contributed by atoms with Crippen LogP contribution < -0.4 is 5.32 Å². The lowest BCUT2D eigenvalue weighted by atomic mass is 9.99. The SMILES string of the molecule is CCN1CCC(Nc2cccc(Sc3ccc(/C=C/C(=O)N4CCOCC4)c(C(F)(F)F)c3C(F)(F)F)c2)CC1. The Hall–Kier alpha value is -2.70. The van der Waals surface area contributed by atoms with Gasteiger partial charge in [-0.25, -0.2) is 0 Å². The number of halogens is 6. The number of ether oxygens (including phenoxy) is 1. The molecule has 0 atom stereocenters. The first-order valence-electron chi connectivity index (χ1n) is 13.1. The van der Waals surface area contributed by atoms with Crippen LogP contribution in [0.2, 0.25) is 0 Å². The standard InChI is InChI=1S/C28H31F6N3O2S/c1-2-36-12-10-20(11-13-36)35-21-4-3-5-22(18-21)40-23-8-6-19(7-9-24(38)37-14-16-39-17-15-37)25(27(29,30)31)26(23)28(32,33)34/h3-9,18,20,35H,2,10-17H2,1H3/b9-7+. The number of anilines is 1. The summed E-state index contributed by atoms with van der Waals surface area (Å²) in [4.78, 5) is 15.9. The average Bonchev–Trinajstić information content (AvgIpc) is 2.92. The summed E-state index contributed by atoms with van der Waals surface area (Å²) in [6.45, 7) is 6.03. The van der Waals surface area contributed by atoms with Crippen LogP contribution in [-0.2, 0) is 21.9 Å². The minimum absolute atomic E-state index is 0.205. The highest BCUT2D eigenvalue weighted by Crippen LogP contribution is 2.48. The van der Waals surface area contributed by atoms with Gasteiger partial charge in [0.15, 0.2) is 0 Å². The van der Waals surface area contributed by atoms with E-state index in [9.17, 15) is 31.1 Å². The van der Waals surface area contributed by atoms with Gasteiger partial charge in [0.05, 0.1) is 24.3 Å². The largest absolute Gasteiger partial charge is 0.418 e. The molecule has 4 rings (SSSR count). The summed E-state index contributed by atoms with van der Waals surface area (Å²) in [5.41, 5.74) is -3.60. The molecule has 5 nitrogen and oxygen atoms in total. The highest BCUT2D eigenvalue weighted by atomic mass is 32.2. The molecule has 2 aromatic carbocycles. The van der Waals surface area contributed by atoms with Crippen LogP contribution in [0.5, 0.6) is 0 Å². The van der Waals surface area contributed by atoms with Gasteiger partial charge >= 0.3 is 12.4 Å². The monoisotopic (exact) mass is 587 g/mol. The van der Waals surface area contributed by atoms with Gasteiger partial charge in [-0.1, -0.05) is 30.8 Å². The maximum absolute atomic E-state index is 14.2. The van der Waals surface area contributed by atoms with Crippen molar-refractivity contribution in [2.45, 2.75) is 48.0 Å². The van der Waals surface area contributed by atoms with E-state index in [4.69, 9.17) is 4.74 Å². The van der Waals surface area contributed by atoms with E-state index in [-0.39, 0.29) is 32.3 Å². The third-order valence-electron chi connectivity index (χ3n) is 6.96. The Bertz CT molecular complexity index is 1200. The third kappa shape index (κ3) is 7.73. The van der Waals surface area contributed by atoms with Crippen LogP contribution >= 0.6 is 11.8 Å². The molecule has 218 valence electrons. The fourth-order valence-electron chi connectivity index (χ4n) is 4.87. The molecule has 2 fully saturated rings. The van der Waals surface area contributed by atoms with Crippen molar-refractivity contribution in [3.63, 3.8) is 0 Å². The molecule has 12 heteroatoms. The Morgan fingerprint density at radius 1 is 1.00 bits per heavy atom. The molecule has 0 unspecified atom stereocenters. The number of nitrogens with one attached hydrogen (secondary N) is 1. The maximum Gasteiger partial charge on any atom is 0.418 e. The van der Waals surface area contributed by atoms with Crippen LogP contribution in [-0.4, -0.2) is 67.7 Å². The van der Waals surface area contributed by atoms with Crippen molar-refractivity contribution in [1.82, 2.24) is 9.80 Å². The number of carbonyl (C=O) groups excluding carboxylic acids is 1. The van der Waals surface area contributed by atoms with Crippen molar-refractivity contribution in [3.05, 3.63) is 59.2 Å². The number of alkyl halides is 6. The van der Waals surface area contributed by atoms with Crippen molar-refractivity contribution in [2.24, 2.45) is 0 Å². The molecule has 0 bridgehead atoms. The Balaban J connectivity index is 1.61. The van der Waals surface area contributed by atoms with E-state index < -0.39 is 39.8 Å². The number of likely N-dealkylation sites (tertiary alicyclic amines) is 1. The molecule has 2 heterocycles. The van der Waals surface area contributed by atoms with Crippen LogP contribution in [0.15, 0.2) is 52.3 Å². The van der Waals surface area contributed by atoms with Crippen LogP contribution in [0, 0.1) is 0 Å². The molecule has 2 aromatic rings. The third-order valence-corrected chi connectivity index (χ3v) is 8.01. The number of rotatable bonds is 7. The maximum atomic E-state index is 14.2. The lowest BCUT2D eigenvalue weighted by Crippen LogP contribution is -2.39. The quantitative estimate of drug-likeness (QED) is 0.291. The van der Waals surface area contributed by atoms with Gasteiger partial charge < -0.3 is 19.9 Å². The second-order valence-corrected chi connectivity index (χ2v) is 10.8. The second-order valence-electron chi connectivity index (χ2n) is 9.65. The van der Waals surface area contributed by atoms with Gasteiger partial charge in [0.2, 0.25) is 5.91 Å². The first kappa shape index (κ1) is 30.3. The minimum atomic E-state index is -5.31. The summed E-state index contributed by atoms with van der Waals surface area (Å²) in [5.74, 6) is -0.590. The molecular weight excluding hydrogens is 556 g/mol. The van der Waals surface area contributed by atoms with Crippen LogP contribution in [0.3, 0.4) is 0 Å². The van der Waals surface area contributed by atoms with E-state index in [0.717, 1.165) is 56.8 Å². The van der Waals surface area contributed by atoms with E-state index in [2.05, 4.69) is 17.1 Å². The van der Waals surface area contributed by atoms with Crippen molar-refractivity contribution in [3.8, 4) is 0 Å². The van der Waals surface area contributed by atoms with Crippen LogP contribution in [0.1, 0.15) is 36.5 Å². The van der Waals surface area contributed by atoms with Gasteiger partial charge in [-0.3, -0.25) is 4.79 Å². The Kier molecular flexibility index (Phi) is 9.73. The molecule has 0 spiro atoms. The molecule has 0 radical (unpaired) electrons. The summed E-state index contributed by atoms with van der Waals surface area (Å²) in [5, 5.41) is 3.40. The molecule has 0 aliphatic carbocycles. The van der Waals surface area contributed by atoms with Gasteiger partial charge in [-0.05, 0) is 55.3 Å². The first-order chi connectivity index (χ1) is 19.0. The van der Waals surface area contributed by atoms with E-state index in [1.54, 1.807) is 24.3 Å². The molecule has 2 aliphatic heterocycles. The number of hydrogen-bond donors (Lipinski definition) is 1. The lowest BCUT2D eigenvalue weighted by molar-refractivity contribution is -0.163. The molecular formula is C28H31F6N3O2S. The Morgan fingerprint density at radius 2 is 1.68 bits per heavy atom. The number of amides is 1. The first-order valence-corrected chi connectivity index (χ1v) is 13.9. The fraction of sp³-hybridized carbons (Fsp3) is 0.464. The molecule has 2 saturated heterocycles. The second kappa shape index (κ2) is 12.9. The molecule has 1 N–H and O–H groups in total. The van der Waals surface area contributed by atoms with Crippen molar-refractivity contribution < 1.29 is 35.9 Å². The zero-order valence-corrected chi connectivity index (χ0v) is 22.8. The zero-order chi connectivity index (χ0) is 28.9. The number of carbonyl (C=O) groups is 1.